The van der Waals surface area contributed by atoms with Crippen LogP contribution in [0.1, 0.15) is 32.6 Å². The number of nitrogens with one attached hydrogen (secondary N) is 1. The molecule has 22 heavy (non-hydrogen) atoms. The van der Waals surface area contributed by atoms with Crippen molar-refractivity contribution in [3.05, 3.63) is 24.0 Å². The molecule has 2 atom stereocenters. The quantitative estimate of drug-likeness (QED) is 0.876. The van der Waals surface area contributed by atoms with Crippen molar-refractivity contribution in [2.45, 2.75) is 32.6 Å². The Bertz CT molecular complexity index is 561. The highest BCUT2D eigenvalue weighted by Gasteiger charge is 2.31. The maximum Gasteiger partial charge on any atom is 0.306 e. The minimum atomic E-state index is -0.857. The van der Waals surface area contributed by atoms with Gasteiger partial charge < -0.3 is 15.2 Å². The van der Waals surface area contributed by atoms with E-state index in [1.54, 1.807) is 13.0 Å². The van der Waals surface area contributed by atoms with Crippen molar-refractivity contribution >= 4 is 17.6 Å². The van der Waals surface area contributed by atoms with E-state index in [-0.39, 0.29) is 17.6 Å². The molecule has 1 fully saturated rings. The molecule has 0 saturated heterocycles. The average molecular weight is 309 g/mol. The summed E-state index contributed by atoms with van der Waals surface area (Å²) in [7, 11) is 0. The van der Waals surface area contributed by atoms with E-state index < -0.39 is 17.7 Å². The third kappa shape index (κ3) is 3.96. The molecule has 0 aromatic heterocycles. The summed E-state index contributed by atoms with van der Waals surface area (Å²) in [6.07, 6.45) is 2.32. The molecule has 1 aromatic carbocycles. The molecular weight excluding hydrogens is 289 g/mol. The molecule has 0 bridgehead atoms. The number of halogens is 1. The lowest BCUT2D eigenvalue weighted by atomic mass is 9.81. The van der Waals surface area contributed by atoms with Crippen LogP contribution in [0.15, 0.2) is 18.2 Å². The standard InChI is InChI=1S/C16H20FNO4/c1-2-22-14-7-6-12(9-13(14)17)18-15(19)10-4-3-5-11(8-10)16(20)21/h6-7,9-11H,2-5,8H2,1H3,(H,18,19)(H,20,21). The van der Waals surface area contributed by atoms with E-state index in [2.05, 4.69) is 5.32 Å². The van der Waals surface area contributed by atoms with Gasteiger partial charge in [-0.05, 0) is 38.3 Å². The lowest BCUT2D eigenvalue weighted by Gasteiger charge is -2.25. The van der Waals surface area contributed by atoms with E-state index in [4.69, 9.17) is 9.84 Å². The second-order valence-electron chi connectivity index (χ2n) is 5.47. The fraction of sp³-hybridized carbons (Fsp3) is 0.500. The molecular formula is C16H20FNO4. The third-order valence-corrected chi connectivity index (χ3v) is 3.89. The molecule has 6 heteroatoms. The van der Waals surface area contributed by atoms with Gasteiger partial charge in [0, 0.05) is 17.7 Å². The number of aliphatic carboxylic acids is 1. The molecule has 120 valence electrons. The zero-order chi connectivity index (χ0) is 16.1. The molecule has 0 spiro atoms. The topological polar surface area (TPSA) is 75.6 Å². The summed E-state index contributed by atoms with van der Waals surface area (Å²) in [5.74, 6) is -2.32. The largest absolute Gasteiger partial charge is 0.491 e. The molecule has 2 rings (SSSR count). The van der Waals surface area contributed by atoms with Gasteiger partial charge in [-0.2, -0.15) is 0 Å². The maximum atomic E-state index is 13.7. The number of amides is 1. The maximum absolute atomic E-state index is 13.7. The van der Waals surface area contributed by atoms with E-state index in [0.717, 1.165) is 0 Å². The van der Waals surface area contributed by atoms with Crippen molar-refractivity contribution in [2.24, 2.45) is 11.8 Å². The van der Waals surface area contributed by atoms with Gasteiger partial charge in [0.1, 0.15) is 0 Å². The van der Waals surface area contributed by atoms with Gasteiger partial charge in [-0.25, -0.2) is 4.39 Å². The van der Waals surface area contributed by atoms with Gasteiger partial charge in [0.05, 0.1) is 12.5 Å². The van der Waals surface area contributed by atoms with Crippen molar-refractivity contribution in [1.82, 2.24) is 0 Å². The number of carbonyl (C=O) groups excluding carboxylic acids is 1. The van der Waals surface area contributed by atoms with Crippen LogP contribution in [0.5, 0.6) is 5.75 Å². The van der Waals surface area contributed by atoms with E-state index in [9.17, 15) is 14.0 Å². The fourth-order valence-electron chi connectivity index (χ4n) is 2.75. The van der Waals surface area contributed by atoms with Gasteiger partial charge in [-0.3, -0.25) is 9.59 Å². The number of carboxylic acids is 1. The van der Waals surface area contributed by atoms with Crippen molar-refractivity contribution in [1.29, 1.82) is 0 Å². The summed E-state index contributed by atoms with van der Waals surface area (Å²) < 4.78 is 18.8. The minimum absolute atomic E-state index is 0.143. The van der Waals surface area contributed by atoms with Gasteiger partial charge in [0.25, 0.3) is 0 Å². The normalized spacial score (nSPS) is 21.2. The van der Waals surface area contributed by atoms with Crippen LogP contribution in [-0.2, 0) is 9.59 Å². The second kappa shape index (κ2) is 7.24. The zero-order valence-electron chi connectivity index (χ0n) is 12.5. The number of rotatable bonds is 5. The van der Waals surface area contributed by atoms with E-state index in [1.807, 2.05) is 0 Å². The smallest absolute Gasteiger partial charge is 0.306 e. The van der Waals surface area contributed by atoms with Gasteiger partial charge in [-0.1, -0.05) is 6.42 Å². The van der Waals surface area contributed by atoms with E-state index in [0.29, 0.717) is 38.0 Å². The summed E-state index contributed by atoms with van der Waals surface area (Å²) in [4.78, 5) is 23.2. The number of anilines is 1. The Morgan fingerprint density at radius 1 is 1.36 bits per heavy atom. The highest BCUT2D eigenvalue weighted by Crippen LogP contribution is 2.30. The highest BCUT2D eigenvalue weighted by molar-refractivity contribution is 5.93. The summed E-state index contributed by atoms with van der Waals surface area (Å²) >= 11 is 0. The van der Waals surface area contributed by atoms with E-state index >= 15 is 0 Å². The van der Waals surface area contributed by atoms with E-state index in [1.165, 1.54) is 12.1 Å². The molecule has 5 nitrogen and oxygen atoms in total. The summed E-state index contributed by atoms with van der Waals surface area (Å²) in [5, 5.41) is 11.7. The van der Waals surface area contributed by atoms with Crippen LogP contribution in [0.2, 0.25) is 0 Å². The first kappa shape index (κ1) is 16.3. The Kier molecular flexibility index (Phi) is 5.35. The van der Waals surface area contributed by atoms with Crippen LogP contribution in [0.4, 0.5) is 10.1 Å². The molecule has 2 N–H and O–H groups in total. The second-order valence-corrected chi connectivity index (χ2v) is 5.47. The first-order valence-electron chi connectivity index (χ1n) is 7.47. The average Bonchev–Trinajstić information content (AvgIpc) is 2.50. The third-order valence-electron chi connectivity index (χ3n) is 3.89. The number of carbonyl (C=O) groups is 2. The van der Waals surface area contributed by atoms with Crippen molar-refractivity contribution < 1.29 is 23.8 Å². The molecule has 1 saturated carbocycles. The Labute approximate surface area is 128 Å². The zero-order valence-corrected chi connectivity index (χ0v) is 12.5. The SMILES string of the molecule is CCOc1ccc(NC(=O)C2CCCC(C(=O)O)C2)cc1F. The van der Waals surface area contributed by atoms with Gasteiger partial charge in [0.2, 0.25) is 5.91 Å². The Morgan fingerprint density at radius 3 is 2.73 bits per heavy atom. The van der Waals surface area contributed by atoms with Crippen molar-refractivity contribution in [3.63, 3.8) is 0 Å². The van der Waals surface area contributed by atoms with Crippen molar-refractivity contribution in [3.8, 4) is 5.75 Å². The lowest BCUT2D eigenvalue weighted by molar-refractivity contribution is -0.143. The molecule has 1 aliphatic carbocycles. The van der Waals surface area contributed by atoms with Crippen LogP contribution < -0.4 is 10.1 Å². The number of benzene rings is 1. The summed E-state index contributed by atoms with van der Waals surface area (Å²) in [5.41, 5.74) is 0.350. The molecule has 1 aromatic rings. The number of carboxylic acid groups (broad SMARTS) is 1. The van der Waals surface area contributed by atoms with Crippen LogP contribution in [0.3, 0.4) is 0 Å². The molecule has 1 amide bonds. The predicted octanol–water partition coefficient (Wildman–Crippen LogP) is 3.05. The number of hydrogen-bond donors (Lipinski definition) is 2. The molecule has 1 aliphatic rings. The Hall–Kier alpha value is -2.11. The van der Waals surface area contributed by atoms with Crippen LogP contribution >= 0.6 is 0 Å². The first-order valence-corrected chi connectivity index (χ1v) is 7.47. The Morgan fingerprint density at radius 2 is 2.09 bits per heavy atom. The van der Waals surface area contributed by atoms with Gasteiger partial charge >= 0.3 is 5.97 Å². The highest BCUT2D eigenvalue weighted by atomic mass is 19.1. The molecule has 2 unspecified atom stereocenters. The van der Waals surface area contributed by atoms with Gasteiger partial charge in [-0.15, -0.1) is 0 Å². The summed E-state index contributed by atoms with van der Waals surface area (Å²) in [6, 6.07) is 4.25. The minimum Gasteiger partial charge on any atom is -0.491 e. The van der Waals surface area contributed by atoms with Gasteiger partial charge in [0.15, 0.2) is 11.6 Å². The monoisotopic (exact) mass is 309 g/mol. The predicted molar refractivity (Wildman–Crippen MR) is 79.3 cm³/mol. The fourth-order valence-corrected chi connectivity index (χ4v) is 2.75. The Balaban J connectivity index is 1.99. The summed E-state index contributed by atoms with van der Waals surface area (Å²) in [6.45, 7) is 2.12. The number of hydrogen-bond acceptors (Lipinski definition) is 3. The first-order chi connectivity index (χ1) is 10.5. The van der Waals surface area contributed by atoms with Crippen LogP contribution in [0.25, 0.3) is 0 Å². The van der Waals surface area contributed by atoms with Crippen molar-refractivity contribution in [2.75, 3.05) is 11.9 Å². The van der Waals surface area contributed by atoms with Crippen LogP contribution in [0, 0.1) is 17.7 Å². The van der Waals surface area contributed by atoms with Crippen LogP contribution in [-0.4, -0.2) is 23.6 Å². The molecule has 0 radical (unpaired) electrons. The molecule has 0 heterocycles. The lowest BCUT2D eigenvalue weighted by Crippen LogP contribution is -2.30. The number of ether oxygens (including phenoxy) is 1. The molecule has 0 aliphatic heterocycles.